The van der Waals surface area contributed by atoms with E-state index in [-0.39, 0.29) is 12.4 Å². The summed E-state index contributed by atoms with van der Waals surface area (Å²) in [6, 6.07) is 10.1. The third-order valence-electron chi connectivity index (χ3n) is 2.39. The molecule has 1 unspecified atom stereocenters. The highest BCUT2D eigenvalue weighted by molar-refractivity contribution is 5.17. The second kappa shape index (κ2) is 6.56. The Morgan fingerprint density at radius 2 is 1.53 bits per heavy atom. The predicted molar refractivity (Wildman–Crippen MR) is 58.6 cm³/mol. The Morgan fingerprint density at radius 3 is 2.00 bits per heavy atom. The number of benzene rings is 1. The Bertz CT molecular complexity index is 257. The second-order valence-corrected chi connectivity index (χ2v) is 3.27. The van der Waals surface area contributed by atoms with Gasteiger partial charge in [0.25, 0.3) is 0 Å². The fourth-order valence-corrected chi connectivity index (χ4v) is 1.50. The van der Waals surface area contributed by atoms with E-state index in [0.717, 1.165) is 5.56 Å². The first-order valence-corrected chi connectivity index (χ1v) is 4.95. The first-order valence-electron chi connectivity index (χ1n) is 4.95. The molecule has 1 aromatic rings. The molecule has 1 aromatic carbocycles. The van der Waals surface area contributed by atoms with Gasteiger partial charge in [0, 0.05) is 27.8 Å². The Morgan fingerprint density at radius 1 is 0.933 bits per heavy atom. The van der Waals surface area contributed by atoms with Crippen molar-refractivity contribution < 1.29 is 14.2 Å². The average Bonchev–Trinajstić information content (AvgIpc) is 2.32. The van der Waals surface area contributed by atoms with Crippen LogP contribution in [0.5, 0.6) is 0 Å². The van der Waals surface area contributed by atoms with Gasteiger partial charge in [0.15, 0.2) is 6.29 Å². The zero-order chi connectivity index (χ0) is 11.1. The zero-order valence-corrected chi connectivity index (χ0v) is 9.47. The summed E-state index contributed by atoms with van der Waals surface area (Å²) in [5.41, 5.74) is 1.14. The van der Waals surface area contributed by atoms with Gasteiger partial charge in [-0.2, -0.15) is 0 Å². The largest absolute Gasteiger partial charge is 0.377 e. The number of hydrogen-bond donors (Lipinski definition) is 0. The molecule has 0 aliphatic heterocycles. The smallest absolute Gasteiger partial charge is 0.159 e. The van der Waals surface area contributed by atoms with Crippen molar-refractivity contribution in [2.45, 2.75) is 18.8 Å². The van der Waals surface area contributed by atoms with Crippen LogP contribution in [0, 0.1) is 0 Å². The standard InChI is InChI=1S/C12H18O3/c1-13-11(9-12(14-2)15-3)10-7-5-4-6-8-10/h4-8,11-12H,9H2,1-3H3. The van der Waals surface area contributed by atoms with Gasteiger partial charge in [-0.05, 0) is 5.56 Å². The fourth-order valence-electron chi connectivity index (χ4n) is 1.50. The summed E-state index contributed by atoms with van der Waals surface area (Å²) >= 11 is 0. The summed E-state index contributed by atoms with van der Waals surface area (Å²) in [5, 5.41) is 0. The van der Waals surface area contributed by atoms with Crippen LogP contribution in [0.4, 0.5) is 0 Å². The van der Waals surface area contributed by atoms with Gasteiger partial charge in [0.1, 0.15) is 0 Å². The SMILES string of the molecule is COC(CC(OC)c1ccccc1)OC. The van der Waals surface area contributed by atoms with Gasteiger partial charge in [-0.1, -0.05) is 30.3 Å². The molecular weight excluding hydrogens is 192 g/mol. The van der Waals surface area contributed by atoms with Crippen molar-refractivity contribution >= 4 is 0 Å². The van der Waals surface area contributed by atoms with Gasteiger partial charge in [0.05, 0.1) is 6.10 Å². The Hall–Kier alpha value is -0.900. The van der Waals surface area contributed by atoms with E-state index in [0.29, 0.717) is 6.42 Å². The molecule has 0 amide bonds. The van der Waals surface area contributed by atoms with Gasteiger partial charge in [-0.3, -0.25) is 0 Å². The second-order valence-electron chi connectivity index (χ2n) is 3.27. The fraction of sp³-hybridized carbons (Fsp3) is 0.500. The van der Waals surface area contributed by atoms with E-state index < -0.39 is 0 Å². The van der Waals surface area contributed by atoms with Crippen molar-refractivity contribution in [3.05, 3.63) is 35.9 Å². The molecule has 3 nitrogen and oxygen atoms in total. The van der Waals surface area contributed by atoms with E-state index in [1.54, 1.807) is 21.3 Å². The molecule has 0 heterocycles. The van der Waals surface area contributed by atoms with E-state index >= 15 is 0 Å². The van der Waals surface area contributed by atoms with Crippen LogP contribution in [0.15, 0.2) is 30.3 Å². The number of rotatable bonds is 6. The topological polar surface area (TPSA) is 27.7 Å². The molecule has 84 valence electrons. The highest BCUT2D eigenvalue weighted by atomic mass is 16.7. The third-order valence-corrected chi connectivity index (χ3v) is 2.39. The average molecular weight is 210 g/mol. The van der Waals surface area contributed by atoms with Crippen LogP contribution >= 0.6 is 0 Å². The summed E-state index contributed by atoms with van der Waals surface area (Å²) in [6.45, 7) is 0. The van der Waals surface area contributed by atoms with E-state index in [9.17, 15) is 0 Å². The molecule has 0 N–H and O–H groups in total. The number of ether oxygens (including phenoxy) is 3. The zero-order valence-electron chi connectivity index (χ0n) is 9.47. The minimum absolute atomic E-state index is 0.0103. The molecular formula is C12H18O3. The van der Waals surface area contributed by atoms with E-state index in [1.165, 1.54) is 0 Å². The first kappa shape index (κ1) is 12.2. The number of methoxy groups -OCH3 is 3. The molecule has 0 aliphatic rings. The lowest BCUT2D eigenvalue weighted by molar-refractivity contribution is -0.126. The van der Waals surface area contributed by atoms with Gasteiger partial charge in [-0.25, -0.2) is 0 Å². The normalized spacial score (nSPS) is 13.1. The van der Waals surface area contributed by atoms with Gasteiger partial charge in [0.2, 0.25) is 0 Å². The summed E-state index contributed by atoms with van der Waals surface area (Å²) in [5.74, 6) is 0. The van der Waals surface area contributed by atoms with Crippen LogP contribution in [0.3, 0.4) is 0 Å². The molecule has 3 heteroatoms. The molecule has 0 radical (unpaired) electrons. The molecule has 0 bridgehead atoms. The van der Waals surface area contributed by atoms with Crippen molar-refractivity contribution in [3.63, 3.8) is 0 Å². The summed E-state index contributed by atoms with van der Waals surface area (Å²) < 4.78 is 15.7. The molecule has 0 aliphatic carbocycles. The quantitative estimate of drug-likeness (QED) is 0.675. The first-order chi connectivity index (χ1) is 7.31. The Balaban J connectivity index is 2.64. The van der Waals surface area contributed by atoms with Crippen molar-refractivity contribution in [1.29, 1.82) is 0 Å². The number of hydrogen-bond acceptors (Lipinski definition) is 3. The highest BCUT2D eigenvalue weighted by Gasteiger charge is 2.16. The lowest BCUT2D eigenvalue weighted by atomic mass is 10.1. The van der Waals surface area contributed by atoms with Crippen molar-refractivity contribution in [1.82, 2.24) is 0 Å². The maximum atomic E-state index is 5.41. The van der Waals surface area contributed by atoms with Crippen LogP contribution in [0.25, 0.3) is 0 Å². The summed E-state index contributed by atoms with van der Waals surface area (Å²) in [6.07, 6.45) is 0.472. The summed E-state index contributed by atoms with van der Waals surface area (Å²) in [7, 11) is 4.96. The van der Waals surface area contributed by atoms with E-state index in [1.807, 2.05) is 30.3 Å². The molecule has 0 aromatic heterocycles. The molecule has 1 rings (SSSR count). The van der Waals surface area contributed by atoms with Crippen molar-refractivity contribution in [2.24, 2.45) is 0 Å². The molecule has 0 spiro atoms. The van der Waals surface area contributed by atoms with Crippen LogP contribution < -0.4 is 0 Å². The molecule has 0 saturated heterocycles. The minimum Gasteiger partial charge on any atom is -0.377 e. The summed E-state index contributed by atoms with van der Waals surface area (Å²) in [4.78, 5) is 0. The third kappa shape index (κ3) is 3.63. The maximum Gasteiger partial charge on any atom is 0.159 e. The van der Waals surface area contributed by atoms with E-state index in [4.69, 9.17) is 14.2 Å². The van der Waals surface area contributed by atoms with Crippen molar-refractivity contribution in [3.8, 4) is 0 Å². The van der Waals surface area contributed by atoms with Crippen LogP contribution in [-0.4, -0.2) is 27.6 Å². The van der Waals surface area contributed by atoms with E-state index in [2.05, 4.69) is 0 Å². The lowest BCUT2D eigenvalue weighted by Crippen LogP contribution is -2.18. The van der Waals surface area contributed by atoms with Crippen LogP contribution in [0.2, 0.25) is 0 Å². The Kier molecular flexibility index (Phi) is 5.32. The van der Waals surface area contributed by atoms with Gasteiger partial charge < -0.3 is 14.2 Å². The van der Waals surface area contributed by atoms with Gasteiger partial charge >= 0.3 is 0 Å². The van der Waals surface area contributed by atoms with Crippen LogP contribution in [-0.2, 0) is 14.2 Å². The van der Waals surface area contributed by atoms with Crippen LogP contribution in [0.1, 0.15) is 18.1 Å². The van der Waals surface area contributed by atoms with Gasteiger partial charge in [-0.15, -0.1) is 0 Å². The monoisotopic (exact) mass is 210 g/mol. The van der Waals surface area contributed by atoms with Crippen molar-refractivity contribution in [2.75, 3.05) is 21.3 Å². The molecule has 15 heavy (non-hydrogen) atoms. The Labute approximate surface area is 91.0 Å². The highest BCUT2D eigenvalue weighted by Crippen LogP contribution is 2.22. The molecule has 0 fully saturated rings. The lowest BCUT2D eigenvalue weighted by Gasteiger charge is -2.20. The molecule has 0 saturated carbocycles. The predicted octanol–water partition coefficient (Wildman–Crippen LogP) is 2.38. The molecule has 1 atom stereocenters. The maximum absolute atomic E-state index is 5.41. The minimum atomic E-state index is -0.227.